The quantitative estimate of drug-likeness (QED) is 0.759. The fraction of sp³-hybridized carbons (Fsp3) is 1.00. The van der Waals surface area contributed by atoms with E-state index in [4.69, 9.17) is 0 Å². The zero-order valence-corrected chi connectivity index (χ0v) is 14.3. The van der Waals surface area contributed by atoms with Crippen LogP contribution in [0.25, 0.3) is 0 Å². The largest absolute Gasteiger partial charge is 0.314 e. The molecular weight excluding hydrogens is 284 g/mol. The van der Waals surface area contributed by atoms with Crippen molar-refractivity contribution >= 4 is 10.0 Å². The van der Waals surface area contributed by atoms with Gasteiger partial charge < -0.3 is 5.32 Å². The van der Waals surface area contributed by atoms with Crippen molar-refractivity contribution in [3.05, 3.63) is 0 Å². The van der Waals surface area contributed by atoms with Gasteiger partial charge in [0.25, 0.3) is 0 Å². The second-order valence-electron chi connectivity index (χ2n) is 6.88. The molecule has 0 bridgehead atoms. The number of hydrogen-bond acceptors (Lipinski definition) is 3. The Labute approximate surface area is 130 Å². The summed E-state index contributed by atoms with van der Waals surface area (Å²) in [5, 5.41) is 3.42. The summed E-state index contributed by atoms with van der Waals surface area (Å²) in [6.45, 7) is 3.27. The van der Waals surface area contributed by atoms with Gasteiger partial charge in [-0.25, -0.2) is 13.1 Å². The molecule has 1 heterocycles. The molecule has 1 unspecified atom stereocenters. The standard InChI is InChI=1S/C16H32N2O2S/c1-2-5-14-7-9-16(10-8-14)18-21(19,20)13-11-15-6-3-4-12-17-15/h14-18H,2-13H2,1H3. The highest BCUT2D eigenvalue weighted by molar-refractivity contribution is 7.89. The maximum absolute atomic E-state index is 12.2. The van der Waals surface area contributed by atoms with E-state index in [1.54, 1.807) is 0 Å². The fourth-order valence-electron chi connectivity index (χ4n) is 3.76. The Morgan fingerprint density at radius 2 is 1.81 bits per heavy atom. The first kappa shape index (κ1) is 17.2. The van der Waals surface area contributed by atoms with Crippen LogP contribution in [0.2, 0.25) is 0 Å². The van der Waals surface area contributed by atoms with Gasteiger partial charge in [0, 0.05) is 12.1 Å². The number of rotatable bonds is 7. The molecule has 0 radical (unpaired) electrons. The van der Waals surface area contributed by atoms with Crippen LogP contribution in [0.3, 0.4) is 0 Å². The van der Waals surface area contributed by atoms with Crippen LogP contribution in [-0.2, 0) is 10.0 Å². The van der Waals surface area contributed by atoms with E-state index in [0.29, 0.717) is 6.04 Å². The maximum Gasteiger partial charge on any atom is 0.211 e. The third-order valence-electron chi connectivity index (χ3n) is 5.04. The summed E-state index contributed by atoms with van der Waals surface area (Å²) in [6, 6.07) is 0.582. The summed E-state index contributed by atoms with van der Waals surface area (Å²) in [4.78, 5) is 0. The van der Waals surface area contributed by atoms with E-state index in [2.05, 4.69) is 17.0 Å². The lowest BCUT2D eigenvalue weighted by Crippen LogP contribution is -2.41. The van der Waals surface area contributed by atoms with Crippen LogP contribution in [0.1, 0.15) is 71.1 Å². The van der Waals surface area contributed by atoms with Crippen molar-refractivity contribution < 1.29 is 8.42 Å². The average Bonchev–Trinajstić information content (AvgIpc) is 2.48. The van der Waals surface area contributed by atoms with Crippen molar-refractivity contribution in [3.63, 3.8) is 0 Å². The lowest BCUT2D eigenvalue weighted by Gasteiger charge is -2.29. The monoisotopic (exact) mass is 316 g/mol. The predicted octanol–water partition coefficient (Wildman–Crippen LogP) is 2.80. The Balaban J connectivity index is 1.68. The molecule has 0 aromatic carbocycles. The van der Waals surface area contributed by atoms with Crippen LogP contribution in [0.15, 0.2) is 0 Å². The molecule has 0 spiro atoms. The molecule has 5 heteroatoms. The topological polar surface area (TPSA) is 58.2 Å². The van der Waals surface area contributed by atoms with Gasteiger partial charge in [0.2, 0.25) is 10.0 Å². The van der Waals surface area contributed by atoms with E-state index in [9.17, 15) is 8.42 Å². The van der Waals surface area contributed by atoms with Gasteiger partial charge >= 0.3 is 0 Å². The van der Waals surface area contributed by atoms with Gasteiger partial charge in [-0.2, -0.15) is 0 Å². The lowest BCUT2D eigenvalue weighted by molar-refractivity contribution is 0.297. The lowest BCUT2D eigenvalue weighted by atomic mass is 9.84. The molecule has 1 saturated heterocycles. The normalized spacial score (nSPS) is 31.2. The van der Waals surface area contributed by atoms with E-state index in [-0.39, 0.29) is 11.8 Å². The van der Waals surface area contributed by atoms with Gasteiger partial charge in [0.05, 0.1) is 5.75 Å². The second-order valence-corrected chi connectivity index (χ2v) is 8.75. The van der Waals surface area contributed by atoms with Crippen LogP contribution in [-0.4, -0.2) is 32.8 Å². The highest BCUT2D eigenvalue weighted by atomic mass is 32.2. The molecule has 0 aromatic heterocycles. The summed E-state index contributed by atoms with van der Waals surface area (Å²) >= 11 is 0. The molecule has 2 aliphatic rings. The van der Waals surface area contributed by atoms with Crippen LogP contribution in [0.5, 0.6) is 0 Å². The first-order valence-electron chi connectivity index (χ1n) is 8.82. The Hall–Kier alpha value is -0.130. The van der Waals surface area contributed by atoms with Gasteiger partial charge in [0.1, 0.15) is 0 Å². The fourth-order valence-corrected chi connectivity index (χ4v) is 5.21. The molecule has 1 atom stereocenters. The first-order chi connectivity index (χ1) is 10.1. The van der Waals surface area contributed by atoms with Gasteiger partial charge in [-0.05, 0) is 57.4 Å². The number of hydrogen-bond donors (Lipinski definition) is 2. The highest BCUT2D eigenvalue weighted by Crippen LogP contribution is 2.28. The Morgan fingerprint density at radius 3 is 2.43 bits per heavy atom. The molecule has 0 amide bonds. The minimum atomic E-state index is -3.10. The molecular formula is C16H32N2O2S. The van der Waals surface area contributed by atoms with E-state index in [1.165, 1.54) is 38.5 Å². The van der Waals surface area contributed by atoms with Crippen LogP contribution in [0, 0.1) is 5.92 Å². The first-order valence-corrected chi connectivity index (χ1v) is 10.5. The summed E-state index contributed by atoms with van der Waals surface area (Å²) in [6.07, 6.45) is 11.3. The number of piperidine rings is 1. The molecule has 124 valence electrons. The Kier molecular flexibility index (Phi) is 6.96. The summed E-state index contributed by atoms with van der Waals surface area (Å²) in [7, 11) is -3.10. The molecule has 1 aliphatic heterocycles. The zero-order valence-electron chi connectivity index (χ0n) is 13.4. The van der Waals surface area contributed by atoms with Gasteiger partial charge in [0.15, 0.2) is 0 Å². The minimum Gasteiger partial charge on any atom is -0.314 e. The molecule has 1 saturated carbocycles. The van der Waals surface area contributed by atoms with Crippen molar-refractivity contribution in [2.24, 2.45) is 5.92 Å². The third kappa shape index (κ3) is 6.25. The number of sulfonamides is 1. The average molecular weight is 317 g/mol. The van der Waals surface area contributed by atoms with E-state index in [1.807, 2.05) is 0 Å². The van der Waals surface area contributed by atoms with Crippen molar-refractivity contribution in [2.75, 3.05) is 12.3 Å². The molecule has 2 N–H and O–H groups in total. The minimum absolute atomic E-state index is 0.183. The number of nitrogens with one attached hydrogen (secondary N) is 2. The van der Waals surface area contributed by atoms with E-state index in [0.717, 1.165) is 38.1 Å². The third-order valence-corrected chi connectivity index (χ3v) is 6.50. The Morgan fingerprint density at radius 1 is 1.05 bits per heavy atom. The van der Waals surface area contributed by atoms with Crippen molar-refractivity contribution in [1.82, 2.24) is 10.0 Å². The molecule has 1 aliphatic carbocycles. The SMILES string of the molecule is CCCC1CCC(NS(=O)(=O)CCC2CCCCN2)CC1. The van der Waals surface area contributed by atoms with Gasteiger partial charge in [-0.3, -0.25) is 0 Å². The van der Waals surface area contributed by atoms with E-state index < -0.39 is 10.0 Å². The highest BCUT2D eigenvalue weighted by Gasteiger charge is 2.25. The summed E-state index contributed by atoms with van der Waals surface area (Å²) < 4.78 is 27.4. The zero-order chi connectivity index (χ0) is 15.1. The van der Waals surface area contributed by atoms with Crippen LogP contribution >= 0.6 is 0 Å². The molecule has 2 rings (SSSR count). The van der Waals surface area contributed by atoms with Crippen LogP contribution in [0.4, 0.5) is 0 Å². The molecule has 0 aromatic rings. The second kappa shape index (κ2) is 8.49. The van der Waals surface area contributed by atoms with E-state index >= 15 is 0 Å². The van der Waals surface area contributed by atoms with Crippen molar-refractivity contribution in [1.29, 1.82) is 0 Å². The Bertz CT molecular complexity index is 383. The molecule has 2 fully saturated rings. The smallest absolute Gasteiger partial charge is 0.211 e. The van der Waals surface area contributed by atoms with Gasteiger partial charge in [-0.1, -0.05) is 26.2 Å². The molecule has 4 nitrogen and oxygen atoms in total. The summed E-state index contributed by atoms with van der Waals surface area (Å²) in [5.41, 5.74) is 0. The predicted molar refractivity (Wildman–Crippen MR) is 87.8 cm³/mol. The maximum atomic E-state index is 12.2. The summed E-state index contributed by atoms with van der Waals surface area (Å²) in [5.74, 6) is 1.10. The van der Waals surface area contributed by atoms with Crippen molar-refractivity contribution in [3.8, 4) is 0 Å². The molecule has 21 heavy (non-hydrogen) atoms. The van der Waals surface area contributed by atoms with Crippen LogP contribution < -0.4 is 10.0 Å². The van der Waals surface area contributed by atoms with Gasteiger partial charge in [-0.15, -0.1) is 0 Å². The van der Waals surface area contributed by atoms with Crippen molar-refractivity contribution in [2.45, 2.75) is 83.2 Å².